The van der Waals surface area contributed by atoms with Crippen LogP contribution < -0.4 is 5.32 Å². The van der Waals surface area contributed by atoms with Crippen LogP contribution in [-0.2, 0) is 4.79 Å². The zero-order valence-corrected chi connectivity index (χ0v) is 10.5. The van der Waals surface area contributed by atoms with Crippen molar-refractivity contribution in [3.8, 4) is 0 Å². The molecule has 2 amide bonds. The Morgan fingerprint density at radius 1 is 1.53 bits per heavy atom. The van der Waals surface area contributed by atoms with Gasteiger partial charge in [-0.05, 0) is 19.8 Å². The van der Waals surface area contributed by atoms with Crippen LogP contribution in [-0.4, -0.2) is 41.6 Å². The fourth-order valence-corrected chi connectivity index (χ4v) is 2.00. The molecule has 5 nitrogen and oxygen atoms in total. The Bertz CT molecular complexity index is 341. The van der Waals surface area contributed by atoms with Gasteiger partial charge in [-0.1, -0.05) is 19.1 Å². The second-order valence-corrected chi connectivity index (χ2v) is 4.73. The Morgan fingerprint density at radius 2 is 2.18 bits per heavy atom. The van der Waals surface area contributed by atoms with Gasteiger partial charge in [0.1, 0.15) is 0 Å². The van der Waals surface area contributed by atoms with Crippen molar-refractivity contribution >= 4 is 12.0 Å². The maximum absolute atomic E-state index is 11.8. The normalized spacial score (nSPS) is 23.5. The number of likely N-dealkylation sites (tertiary alicyclic amines) is 1. The van der Waals surface area contributed by atoms with E-state index in [1.54, 1.807) is 4.90 Å². The summed E-state index contributed by atoms with van der Waals surface area (Å²) in [6.45, 7) is 8.61. The van der Waals surface area contributed by atoms with Gasteiger partial charge in [0.25, 0.3) is 0 Å². The van der Waals surface area contributed by atoms with Gasteiger partial charge in [0, 0.05) is 19.6 Å². The summed E-state index contributed by atoms with van der Waals surface area (Å²) in [7, 11) is 0. The number of carboxylic acids is 1. The minimum Gasteiger partial charge on any atom is -0.481 e. The van der Waals surface area contributed by atoms with Crippen LogP contribution in [0.4, 0.5) is 4.79 Å². The summed E-state index contributed by atoms with van der Waals surface area (Å²) >= 11 is 0. The van der Waals surface area contributed by atoms with Gasteiger partial charge in [0.2, 0.25) is 0 Å². The number of carbonyl (C=O) groups excluding carboxylic acids is 1. The molecule has 1 rings (SSSR count). The van der Waals surface area contributed by atoms with E-state index in [-0.39, 0.29) is 6.03 Å². The third-order valence-electron chi connectivity index (χ3n) is 3.31. The van der Waals surface area contributed by atoms with Crippen LogP contribution in [0.2, 0.25) is 0 Å². The van der Waals surface area contributed by atoms with E-state index in [1.165, 1.54) is 0 Å². The molecule has 1 saturated heterocycles. The van der Waals surface area contributed by atoms with Gasteiger partial charge in [-0.15, -0.1) is 0 Å². The van der Waals surface area contributed by atoms with Crippen LogP contribution in [0, 0.1) is 5.41 Å². The van der Waals surface area contributed by atoms with E-state index in [0.717, 1.165) is 5.57 Å². The molecule has 1 aliphatic heterocycles. The lowest BCUT2D eigenvalue weighted by atomic mass is 9.84. The molecule has 0 aromatic rings. The van der Waals surface area contributed by atoms with E-state index in [4.69, 9.17) is 0 Å². The number of hydrogen-bond donors (Lipinski definition) is 2. The van der Waals surface area contributed by atoms with Crippen molar-refractivity contribution < 1.29 is 14.7 Å². The van der Waals surface area contributed by atoms with Crippen LogP contribution in [0.3, 0.4) is 0 Å². The van der Waals surface area contributed by atoms with Crippen LogP contribution in [0.1, 0.15) is 26.7 Å². The van der Waals surface area contributed by atoms with E-state index >= 15 is 0 Å². The number of amides is 2. The number of rotatable bonds is 4. The Kier molecular flexibility index (Phi) is 4.15. The molecule has 1 fully saturated rings. The van der Waals surface area contributed by atoms with Crippen LogP contribution in [0.15, 0.2) is 12.2 Å². The van der Waals surface area contributed by atoms with Crippen molar-refractivity contribution in [2.75, 3.05) is 19.6 Å². The van der Waals surface area contributed by atoms with Gasteiger partial charge in [0.05, 0.1) is 5.41 Å². The molecule has 0 aromatic heterocycles. The molecule has 17 heavy (non-hydrogen) atoms. The van der Waals surface area contributed by atoms with Crippen molar-refractivity contribution in [3.05, 3.63) is 12.2 Å². The summed E-state index contributed by atoms with van der Waals surface area (Å²) in [5, 5.41) is 11.9. The molecule has 1 atom stereocenters. The molecule has 96 valence electrons. The minimum atomic E-state index is -0.810. The largest absolute Gasteiger partial charge is 0.481 e. The van der Waals surface area contributed by atoms with Crippen LogP contribution in [0.25, 0.3) is 0 Å². The van der Waals surface area contributed by atoms with Crippen molar-refractivity contribution in [1.82, 2.24) is 10.2 Å². The van der Waals surface area contributed by atoms with E-state index in [9.17, 15) is 14.7 Å². The summed E-state index contributed by atoms with van der Waals surface area (Å²) in [6.07, 6.45) is 1.08. The molecule has 0 aliphatic carbocycles. The molecule has 0 radical (unpaired) electrons. The van der Waals surface area contributed by atoms with Gasteiger partial charge >= 0.3 is 12.0 Å². The number of hydrogen-bond acceptors (Lipinski definition) is 2. The Morgan fingerprint density at radius 3 is 2.59 bits per heavy atom. The number of nitrogens with zero attached hydrogens (tertiary/aromatic N) is 1. The van der Waals surface area contributed by atoms with Crippen molar-refractivity contribution in [2.24, 2.45) is 5.41 Å². The zero-order valence-electron chi connectivity index (χ0n) is 10.5. The summed E-state index contributed by atoms with van der Waals surface area (Å²) < 4.78 is 0. The standard InChI is InChI=1S/C12H20N2O3/c1-4-12(10(15)16)5-6-14(8-12)11(17)13-7-9(2)3/h2,4-8H2,1,3H3,(H,13,17)(H,15,16). The van der Waals surface area contributed by atoms with E-state index < -0.39 is 11.4 Å². The highest BCUT2D eigenvalue weighted by molar-refractivity contribution is 5.79. The molecule has 0 bridgehead atoms. The van der Waals surface area contributed by atoms with Gasteiger partial charge in [-0.3, -0.25) is 4.79 Å². The third-order valence-corrected chi connectivity index (χ3v) is 3.31. The summed E-state index contributed by atoms with van der Waals surface area (Å²) in [5.41, 5.74) is 0.109. The maximum Gasteiger partial charge on any atom is 0.317 e. The molecular formula is C12H20N2O3. The molecular weight excluding hydrogens is 220 g/mol. The fraction of sp³-hybridized carbons (Fsp3) is 0.667. The predicted octanol–water partition coefficient (Wildman–Crippen LogP) is 1.46. The predicted molar refractivity (Wildman–Crippen MR) is 64.8 cm³/mol. The lowest BCUT2D eigenvalue weighted by molar-refractivity contribution is -0.148. The Balaban J connectivity index is 2.57. The Labute approximate surface area is 101 Å². The number of nitrogens with one attached hydrogen (secondary N) is 1. The first-order valence-electron chi connectivity index (χ1n) is 5.82. The second kappa shape index (κ2) is 5.21. The SMILES string of the molecule is C=C(C)CNC(=O)N1CCC(CC)(C(=O)O)C1. The molecule has 0 aromatic carbocycles. The maximum atomic E-state index is 11.8. The Hall–Kier alpha value is -1.52. The van der Waals surface area contributed by atoms with Crippen LogP contribution >= 0.6 is 0 Å². The molecule has 1 aliphatic rings. The van der Waals surface area contributed by atoms with Crippen molar-refractivity contribution in [3.63, 3.8) is 0 Å². The highest BCUT2D eigenvalue weighted by Crippen LogP contribution is 2.34. The molecule has 1 unspecified atom stereocenters. The first-order valence-corrected chi connectivity index (χ1v) is 5.82. The average Bonchev–Trinajstić information content (AvgIpc) is 2.71. The second-order valence-electron chi connectivity index (χ2n) is 4.73. The topological polar surface area (TPSA) is 69.6 Å². The number of carbonyl (C=O) groups is 2. The average molecular weight is 240 g/mol. The van der Waals surface area contributed by atoms with Crippen LogP contribution in [0.5, 0.6) is 0 Å². The molecule has 5 heteroatoms. The molecule has 0 spiro atoms. The van der Waals surface area contributed by atoms with Gasteiger partial charge in [-0.25, -0.2) is 4.79 Å². The number of aliphatic carboxylic acids is 1. The van der Waals surface area contributed by atoms with E-state index in [0.29, 0.717) is 32.5 Å². The smallest absolute Gasteiger partial charge is 0.317 e. The number of urea groups is 1. The van der Waals surface area contributed by atoms with Gasteiger partial charge < -0.3 is 15.3 Å². The highest BCUT2D eigenvalue weighted by atomic mass is 16.4. The highest BCUT2D eigenvalue weighted by Gasteiger charge is 2.44. The lowest BCUT2D eigenvalue weighted by Gasteiger charge is -2.23. The third kappa shape index (κ3) is 2.99. The molecule has 2 N–H and O–H groups in total. The summed E-state index contributed by atoms with van der Waals surface area (Å²) in [4.78, 5) is 24.5. The summed E-state index contributed by atoms with van der Waals surface area (Å²) in [5.74, 6) is -0.810. The minimum absolute atomic E-state index is 0.204. The van der Waals surface area contributed by atoms with Gasteiger partial charge in [-0.2, -0.15) is 0 Å². The molecule has 0 saturated carbocycles. The quantitative estimate of drug-likeness (QED) is 0.731. The van der Waals surface area contributed by atoms with Crippen molar-refractivity contribution in [1.29, 1.82) is 0 Å². The van der Waals surface area contributed by atoms with E-state index in [1.807, 2.05) is 13.8 Å². The van der Waals surface area contributed by atoms with E-state index in [2.05, 4.69) is 11.9 Å². The van der Waals surface area contributed by atoms with Crippen molar-refractivity contribution in [2.45, 2.75) is 26.7 Å². The number of carboxylic acid groups (broad SMARTS) is 1. The zero-order chi connectivity index (χ0) is 13.1. The first kappa shape index (κ1) is 13.5. The lowest BCUT2D eigenvalue weighted by Crippen LogP contribution is -2.42. The first-order chi connectivity index (χ1) is 7.91. The summed E-state index contributed by atoms with van der Waals surface area (Å²) in [6, 6.07) is -0.204. The monoisotopic (exact) mass is 240 g/mol. The molecule has 1 heterocycles. The fourth-order valence-electron chi connectivity index (χ4n) is 2.00. The van der Waals surface area contributed by atoms with Gasteiger partial charge in [0.15, 0.2) is 0 Å².